The van der Waals surface area contributed by atoms with Crippen LogP contribution >= 0.6 is 0 Å². The molecule has 0 spiro atoms. The molecule has 0 fully saturated rings. The Morgan fingerprint density at radius 3 is 1.93 bits per heavy atom. The second kappa shape index (κ2) is 4.09. The van der Waals surface area contributed by atoms with E-state index < -0.39 is 4.92 Å². The van der Waals surface area contributed by atoms with Crippen LogP contribution in [0.5, 0.6) is 5.75 Å². The first-order valence-corrected chi connectivity index (χ1v) is 4.57. The fourth-order valence-electron chi connectivity index (χ4n) is 1.37. The van der Waals surface area contributed by atoms with E-state index in [0.29, 0.717) is 24.0 Å². The van der Waals surface area contributed by atoms with Gasteiger partial charge in [0, 0.05) is 12.1 Å². The van der Waals surface area contributed by atoms with Crippen molar-refractivity contribution in [2.24, 2.45) is 0 Å². The molecule has 4 nitrogen and oxygen atoms in total. The van der Waals surface area contributed by atoms with Crippen LogP contribution in [0.25, 0.3) is 0 Å². The predicted molar refractivity (Wildman–Crippen MR) is 51.3 cm³/mol. The number of nitrogens with zero attached hydrogens (tertiary/aromatic N) is 1. The molecule has 0 aliphatic carbocycles. The Labute approximate surface area is 82.3 Å². The Hall–Kier alpha value is -1.58. The van der Waals surface area contributed by atoms with Crippen LogP contribution in [0.1, 0.15) is 25.0 Å². The number of hydrogen-bond donors (Lipinski definition) is 0. The first-order chi connectivity index (χ1) is 6.60. The van der Waals surface area contributed by atoms with Gasteiger partial charge < -0.3 is 5.11 Å². The minimum atomic E-state index is -0.461. The number of benzene rings is 1. The lowest BCUT2D eigenvalue weighted by Crippen LogP contribution is -2.02. The Bertz CT molecular complexity index is 335. The summed E-state index contributed by atoms with van der Waals surface area (Å²) in [6.45, 7) is 3.64. The summed E-state index contributed by atoms with van der Waals surface area (Å²) in [5.41, 5.74) is 1.06. The maximum Gasteiger partial charge on any atom is 0.269 e. The summed E-state index contributed by atoms with van der Waals surface area (Å²) in [4.78, 5) is 10.1. The molecule has 0 aliphatic rings. The molecule has 0 aliphatic heterocycles. The molecule has 76 valence electrons. The lowest BCUT2D eigenvalue weighted by molar-refractivity contribution is -0.385. The van der Waals surface area contributed by atoms with Crippen LogP contribution in [0.3, 0.4) is 0 Å². The van der Waals surface area contributed by atoms with Crippen LogP contribution in [0, 0.1) is 10.1 Å². The van der Waals surface area contributed by atoms with Crippen molar-refractivity contribution < 1.29 is 10.0 Å². The Morgan fingerprint density at radius 2 is 1.64 bits per heavy atom. The maximum absolute atomic E-state index is 11.6. The molecule has 14 heavy (non-hydrogen) atoms. The smallest absolute Gasteiger partial charge is 0.269 e. The minimum Gasteiger partial charge on any atom is -0.872 e. The van der Waals surface area contributed by atoms with Gasteiger partial charge in [0.05, 0.1) is 4.92 Å². The molecule has 0 atom stereocenters. The van der Waals surface area contributed by atoms with Gasteiger partial charge in [-0.05, 0) is 24.0 Å². The van der Waals surface area contributed by atoms with Crippen LogP contribution in [-0.4, -0.2) is 4.92 Å². The van der Waals surface area contributed by atoms with Crippen LogP contribution in [0.2, 0.25) is 0 Å². The highest BCUT2D eigenvalue weighted by Gasteiger charge is 2.09. The zero-order valence-corrected chi connectivity index (χ0v) is 8.24. The topological polar surface area (TPSA) is 66.2 Å². The van der Waals surface area contributed by atoms with E-state index in [1.165, 1.54) is 12.1 Å². The largest absolute Gasteiger partial charge is 0.872 e. The van der Waals surface area contributed by atoms with Crippen molar-refractivity contribution in [1.82, 2.24) is 0 Å². The number of rotatable bonds is 3. The number of non-ortho nitro benzene ring substituents is 1. The van der Waals surface area contributed by atoms with Gasteiger partial charge in [0.15, 0.2) is 0 Å². The van der Waals surface area contributed by atoms with E-state index in [1.54, 1.807) is 0 Å². The maximum atomic E-state index is 11.6. The highest BCUT2D eigenvalue weighted by Crippen LogP contribution is 2.26. The molecule has 0 N–H and O–H groups in total. The summed E-state index contributed by atoms with van der Waals surface area (Å²) in [5.74, 6) is -0.0550. The number of nitro groups is 1. The lowest BCUT2D eigenvalue weighted by Gasteiger charge is -2.16. The summed E-state index contributed by atoms with van der Waals surface area (Å²) in [5, 5.41) is 22.1. The third-order valence-corrected chi connectivity index (χ3v) is 2.20. The molecule has 0 heterocycles. The fourth-order valence-corrected chi connectivity index (χ4v) is 1.37. The van der Waals surface area contributed by atoms with Gasteiger partial charge in [-0.25, -0.2) is 0 Å². The number of hydrogen-bond acceptors (Lipinski definition) is 3. The van der Waals surface area contributed by atoms with E-state index in [9.17, 15) is 15.2 Å². The minimum absolute atomic E-state index is 0.0123. The van der Waals surface area contributed by atoms with Crippen molar-refractivity contribution in [3.8, 4) is 5.75 Å². The molecule has 1 rings (SSSR count). The standard InChI is InChI=1S/C10H13NO3/c1-3-7-5-9(11(13)14)6-8(4-2)10(7)12/h5-6,12H,3-4H2,1-2H3/p-1. The molecule has 0 radical (unpaired) electrons. The van der Waals surface area contributed by atoms with Crippen molar-refractivity contribution in [3.63, 3.8) is 0 Å². The average Bonchev–Trinajstić information content (AvgIpc) is 2.17. The molecule has 0 unspecified atom stereocenters. The van der Waals surface area contributed by atoms with Gasteiger partial charge in [-0.1, -0.05) is 13.8 Å². The number of nitro benzene ring substituents is 1. The van der Waals surface area contributed by atoms with E-state index in [4.69, 9.17) is 0 Å². The van der Waals surface area contributed by atoms with Gasteiger partial charge in [-0.15, -0.1) is 5.75 Å². The summed E-state index contributed by atoms with van der Waals surface area (Å²) in [7, 11) is 0. The molecule has 0 aromatic heterocycles. The molecule has 0 saturated heterocycles. The SMILES string of the molecule is CCc1cc([N+](=O)[O-])cc(CC)c1[O-]. The van der Waals surface area contributed by atoms with E-state index in [-0.39, 0.29) is 11.4 Å². The van der Waals surface area contributed by atoms with Crippen LogP contribution < -0.4 is 5.11 Å². The van der Waals surface area contributed by atoms with Crippen LogP contribution in [0.15, 0.2) is 12.1 Å². The Balaban J connectivity index is 3.32. The summed E-state index contributed by atoms with van der Waals surface area (Å²) < 4.78 is 0. The molecule has 4 heteroatoms. The highest BCUT2D eigenvalue weighted by atomic mass is 16.6. The van der Waals surface area contributed by atoms with Crippen LogP contribution in [-0.2, 0) is 12.8 Å². The zero-order chi connectivity index (χ0) is 10.7. The van der Waals surface area contributed by atoms with Crippen molar-refractivity contribution in [2.75, 3.05) is 0 Å². The average molecular weight is 194 g/mol. The fraction of sp³-hybridized carbons (Fsp3) is 0.400. The second-order valence-electron chi connectivity index (χ2n) is 3.06. The lowest BCUT2D eigenvalue weighted by atomic mass is 10.0. The van der Waals surface area contributed by atoms with Crippen molar-refractivity contribution in [2.45, 2.75) is 26.7 Å². The Kier molecular flexibility index (Phi) is 3.06. The van der Waals surface area contributed by atoms with Crippen molar-refractivity contribution >= 4 is 5.69 Å². The summed E-state index contributed by atoms with van der Waals surface area (Å²) in [6, 6.07) is 2.73. The van der Waals surface area contributed by atoms with E-state index >= 15 is 0 Å². The second-order valence-corrected chi connectivity index (χ2v) is 3.06. The summed E-state index contributed by atoms with van der Waals surface area (Å²) >= 11 is 0. The predicted octanol–water partition coefficient (Wildman–Crippen LogP) is 1.79. The molecule has 0 saturated carbocycles. The van der Waals surface area contributed by atoms with Crippen molar-refractivity contribution in [3.05, 3.63) is 33.4 Å². The summed E-state index contributed by atoms with van der Waals surface area (Å²) in [6.07, 6.45) is 1.07. The van der Waals surface area contributed by atoms with Gasteiger partial charge in [0.25, 0.3) is 5.69 Å². The van der Waals surface area contributed by atoms with Gasteiger partial charge in [0.2, 0.25) is 0 Å². The molecule has 1 aromatic rings. The van der Waals surface area contributed by atoms with Gasteiger partial charge in [-0.2, -0.15) is 0 Å². The van der Waals surface area contributed by atoms with Crippen molar-refractivity contribution in [1.29, 1.82) is 0 Å². The van der Waals surface area contributed by atoms with E-state index in [1.807, 2.05) is 13.8 Å². The van der Waals surface area contributed by atoms with Gasteiger partial charge in [-0.3, -0.25) is 10.1 Å². The third kappa shape index (κ3) is 1.84. The van der Waals surface area contributed by atoms with Gasteiger partial charge >= 0.3 is 0 Å². The highest BCUT2D eigenvalue weighted by molar-refractivity contribution is 5.48. The zero-order valence-electron chi connectivity index (χ0n) is 8.24. The molecule has 0 bridgehead atoms. The quantitative estimate of drug-likeness (QED) is 0.544. The molecular formula is C10H12NO3-. The first kappa shape index (κ1) is 10.5. The van der Waals surface area contributed by atoms with E-state index in [0.717, 1.165) is 0 Å². The molecule has 1 aromatic carbocycles. The molecule has 0 amide bonds. The van der Waals surface area contributed by atoms with Crippen LogP contribution in [0.4, 0.5) is 5.69 Å². The number of aryl methyl sites for hydroxylation is 2. The van der Waals surface area contributed by atoms with E-state index in [2.05, 4.69) is 0 Å². The normalized spacial score (nSPS) is 10.1. The monoisotopic (exact) mass is 194 g/mol. The molecular weight excluding hydrogens is 182 g/mol. The third-order valence-electron chi connectivity index (χ3n) is 2.20. The van der Waals surface area contributed by atoms with Gasteiger partial charge in [0.1, 0.15) is 0 Å². The first-order valence-electron chi connectivity index (χ1n) is 4.57. The Morgan fingerprint density at radius 1 is 1.21 bits per heavy atom.